The molecule has 0 bridgehead atoms. The fourth-order valence-electron chi connectivity index (χ4n) is 1.46. The Morgan fingerprint density at radius 3 is 2.16 bits per heavy atom. The van der Waals surface area contributed by atoms with Crippen molar-refractivity contribution in [1.82, 2.24) is 5.32 Å². The summed E-state index contributed by atoms with van der Waals surface area (Å²) >= 11 is 0. The van der Waals surface area contributed by atoms with E-state index in [9.17, 15) is 26.7 Å². The van der Waals surface area contributed by atoms with Crippen LogP contribution in [0.2, 0.25) is 0 Å². The number of benzene rings is 1. The summed E-state index contributed by atoms with van der Waals surface area (Å²) in [7, 11) is 0. The van der Waals surface area contributed by atoms with Crippen LogP contribution >= 0.6 is 0 Å². The van der Waals surface area contributed by atoms with Gasteiger partial charge in [-0.05, 0) is 18.9 Å². The zero-order chi connectivity index (χ0) is 14.7. The van der Waals surface area contributed by atoms with E-state index in [4.69, 9.17) is 0 Å². The van der Waals surface area contributed by atoms with Crippen molar-refractivity contribution < 1.29 is 26.7 Å². The lowest BCUT2D eigenvalue weighted by Crippen LogP contribution is -2.52. The number of hydrogen-bond donors (Lipinski definition) is 1. The lowest BCUT2D eigenvalue weighted by Gasteiger charge is -2.21. The van der Waals surface area contributed by atoms with Crippen molar-refractivity contribution in [3.05, 3.63) is 35.9 Å². The number of hydrogen-bond acceptors (Lipinski definition) is 1. The maximum Gasteiger partial charge on any atom is 0.463 e. The SMILES string of the molecule is CC(Cc1ccccc1)NC(=O)C(F)(F)C(F)(F)F. The van der Waals surface area contributed by atoms with Crippen LogP contribution < -0.4 is 5.32 Å². The molecule has 0 saturated heterocycles. The molecule has 1 aromatic rings. The van der Waals surface area contributed by atoms with Crippen molar-refractivity contribution in [1.29, 1.82) is 0 Å². The molecule has 0 radical (unpaired) electrons. The zero-order valence-electron chi connectivity index (χ0n) is 9.97. The second-order valence-corrected chi connectivity index (χ2v) is 4.14. The summed E-state index contributed by atoms with van der Waals surface area (Å²) in [5.74, 6) is -7.71. The first-order valence-corrected chi connectivity index (χ1v) is 5.44. The number of amides is 1. The largest absolute Gasteiger partial charge is 0.463 e. The molecule has 106 valence electrons. The van der Waals surface area contributed by atoms with Gasteiger partial charge < -0.3 is 5.32 Å². The Morgan fingerprint density at radius 1 is 1.16 bits per heavy atom. The highest BCUT2D eigenvalue weighted by molar-refractivity contribution is 5.84. The molecule has 1 amide bonds. The maximum atomic E-state index is 12.7. The second kappa shape index (κ2) is 5.54. The molecule has 0 fully saturated rings. The molecule has 1 atom stereocenters. The van der Waals surface area contributed by atoms with Crippen molar-refractivity contribution in [2.45, 2.75) is 31.5 Å². The van der Waals surface area contributed by atoms with Crippen molar-refractivity contribution in [3.63, 3.8) is 0 Å². The summed E-state index contributed by atoms with van der Waals surface area (Å²) in [6, 6.07) is 7.69. The van der Waals surface area contributed by atoms with Crippen molar-refractivity contribution in [2.75, 3.05) is 0 Å². The maximum absolute atomic E-state index is 12.7. The minimum atomic E-state index is -5.89. The van der Waals surface area contributed by atoms with E-state index >= 15 is 0 Å². The summed E-state index contributed by atoms with van der Waals surface area (Å²) < 4.78 is 61.2. The molecule has 0 spiro atoms. The van der Waals surface area contributed by atoms with E-state index in [-0.39, 0.29) is 6.42 Å². The van der Waals surface area contributed by atoms with Gasteiger partial charge in [-0.15, -0.1) is 0 Å². The van der Waals surface area contributed by atoms with E-state index in [0.717, 1.165) is 5.56 Å². The lowest BCUT2D eigenvalue weighted by molar-refractivity contribution is -0.270. The first kappa shape index (κ1) is 15.4. The predicted octanol–water partition coefficient (Wildman–Crippen LogP) is 2.93. The Kier molecular flexibility index (Phi) is 4.49. The molecule has 1 rings (SSSR count). The number of halogens is 5. The summed E-state index contributed by atoms with van der Waals surface area (Å²) in [5.41, 5.74) is 0.727. The third-order valence-electron chi connectivity index (χ3n) is 2.40. The molecule has 2 nitrogen and oxygen atoms in total. The van der Waals surface area contributed by atoms with Gasteiger partial charge in [0.2, 0.25) is 0 Å². The van der Waals surface area contributed by atoms with Crippen LogP contribution in [0, 0.1) is 0 Å². The molecule has 0 aliphatic heterocycles. The van der Waals surface area contributed by atoms with Crippen LogP contribution in [0.25, 0.3) is 0 Å². The summed E-state index contributed by atoms with van der Waals surface area (Å²) in [6.07, 6.45) is -5.72. The Labute approximate surface area is 106 Å². The van der Waals surface area contributed by atoms with Crippen LogP contribution in [0.3, 0.4) is 0 Å². The van der Waals surface area contributed by atoms with Gasteiger partial charge in [-0.1, -0.05) is 30.3 Å². The molecule has 0 aromatic heterocycles. The van der Waals surface area contributed by atoms with E-state index in [1.165, 1.54) is 6.92 Å². The standard InChI is InChI=1S/C12H12F5NO/c1-8(7-9-5-3-2-4-6-9)18-10(19)11(13,14)12(15,16)17/h2-6,8H,7H2,1H3,(H,18,19). The number of nitrogens with one attached hydrogen (secondary N) is 1. The van der Waals surface area contributed by atoms with Crippen molar-refractivity contribution in [2.24, 2.45) is 0 Å². The number of carbonyl (C=O) groups is 1. The molecule has 1 N–H and O–H groups in total. The fourth-order valence-corrected chi connectivity index (χ4v) is 1.46. The second-order valence-electron chi connectivity index (χ2n) is 4.14. The molecular weight excluding hydrogens is 269 g/mol. The molecule has 0 heterocycles. The number of carbonyl (C=O) groups excluding carboxylic acids is 1. The Morgan fingerprint density at radius 2 is 1.68 bits per heavy atom. The third kappa shape index (κ3) is 3.90. The van der Waals surface area contributed by atoms with Crippen LogP contribution in [-0.2, 0) is 11.2 Å². The van der Waals surface area contributed by atoms with Crippen LogP contribution in [-0.4, -0.2) is 24.0 Å². The van der Waals surface area contributed by atoms with Crippen molar-refractivity contribution >= 4 is 5.91 Å². The summed E-state index contributed by atoms with van der Waals surface area (Å²) in [5, 5.41) is 1.67. The average molecular weight is 281 g/mol. The Hall–Kier alpha value is -1.66. The molecule has 0 aliphatic rings. The van der Waals surface area contributed by atoms with Gasteiger partial charge in [-0.3, -0.25) is 4.79 Å². The van der Waals surface area contributed by atoms with Crippen LogP contribution in [0.4, 0.5) is 22.0 Å². The highest BCUT2D eigenvalue weighted by atomic mass is 19.4. The molecule has 19 heavy (non-hydrogen) atoms. The predicted molar refractivity (Wildman–Crippen MR) is 58.8 cm³/mol. The van der Waals surface area contributed by atoms with E-state index in [2.05, 4.69) is 0 Å². The lowest BCUT2D eigenvalue weighted by atomic mass is 10.1. The van der Waals surface area contributed by atoms with E-state index in [1.807, 2.05) is 0 Å². The van der Waals surface area contributed by atoms with Gasteiger partial charge in [-0.2, -0.15) is 22.0 Å². The molecule has 1 unspecified atom stereocenters. The van der Waals surface area contributed by atoms with Crippen LogP contribution in [0.15, 0.2) is 30.3 Å². The quantitative estimate of drug-likeness (QED) is 0.845. The summed E-state index contributed by atoms with van der Waals surface area (Å²) in [4.78, 5) is 10.9. The highest BCUT2D eigenvalue weighted by Crippen LogP contribution is 2.35. The smallest absolute Gasteiger partial charge is 0.348 e. The minimum absolute atomic E-state index is 0.167. The zero-order valence-corrected chi connectivity index (χ0v) is 9.97. The van der Waals surface area contributed by atoms with Gasteiger partial charge in [0.1, 0.15) is 0 Å². The minimum Gasteiger partial charge on any atom is -0.348 e. The van der Waals surface area contributed by atoms with Crippen molar-refractivity contribution in [3.8, 4) is 0 Å². The molecule has 0 aliphatic carbocycles. The van der Waals surface area contributed by atoms with Crippen LogP contribution in [0.5, 0.6) is 0 Å². The monoisotopic (exact) mass is 281 g/mol. The third-order valence-corrected chi connectivity index (χ3v) is 2.40. The number of rotatable bonds is 4. The Balaban J connectivity index is 2.63. The van der Waals surface area contributed by atoms with Crippen LogP contribution in [0.1, 0.15) is 12.5 Å². The van der Waals surface area contributed by atoms with Gasteiger partial charge >= 0.3 is 18.0 Å². The fraction of sp³-hybridized carbons (Fsp3) is 0.417. The van der Waals surface area contributed by atoms with E-state index < -0.39 is 24.0 Å². The topological polar surface area (TPSA) is 29.1 Å². The molecule has 1 aromatic carbocycles. The normalized spacial score (nSPS) is 14.0. The molecular formula is C12H12F5NO. The first-order chi connectivity index (χ1) is 8.64. The van der Waals surface area contributed by atoms with Gasteiger partial charge in [0.15, 0.2) is 0 Å². The van der Waals surface area contributed by atoms with Gasteiger partial charge in [0.25, 0.3) is 0 Å². The molecule has 0 saturated carbocycles. The van der Waals surface area contributed by atoms with E-state index in [0.29, 0.717) is 0 Å². The van der Waals surface area contributed by atoms with Gasteiger partial charge in [-0.25, -0.2) is 0 Å². The van der Waals surface area contributed by atoms with Gasteiger partial charge in [0, 0.05) is 6.04 Å². The summed E-state index contributed by atoms with van der Waals surface area (Å²) in [6.45, 7) is 1.36. The Bertz CT molecular complexity index is 429. The molecule has 7 heteroatoms. The first-order valence-electron chi connectivity index (χ1n) is 5.44. The van der Waals surface area contributed by atoms with Gasteiger partial charge in [0.05, 0.1) is 0 Å². The average Bonchev–Trinajstić information content (AvgIpc) is 2.28. The highest BCUT2D eigenvalue weighted by Gasteiger charge is 2.63. The van der Waals surface area contributed by atoms with E-state index in [1.54, 1.807) is 35.6 Å². The number of alkyl halides is 5.